The largest absolute Gasteiger partial charge is 0.491 e. The zero-order valence-electron chi connectivity index (χ0n) is 12.8. The number of aromatic nitrogens is 2. The number of fused-ring (bicyclic) bond motifs is 1. The van der Waals surface area contributed by atoms with Crippen molar-refractivity contribution in [1.29, 1.82) is 0 Å². The molecule has 0 radical (unpaired) electrons. The second-order valence-corrected chi connectivity index (χ2v) is 5.37. The van der Waals surface area contributed by atoms with Crippen molar-refractivity contribution in [1.82, 2.24) is 9.55 Å². The zero-order chi connectivity index (χ0) is 18.0. The molecule has 1 heterocycles. The minimum atomic E-state index is -1.00. The highest BCUT2D eigenvalue weighted by atomic mass is 19.2. The minimum absolute atomic E-state index is 0.0382. The third-order valence-electron chi connectivity index (χ3n) is 3.54. The maximum atomic E-state index is 13.4. The Morgan fingerprint density at radius 1 is 1.28 bits per heavy atom. The fourth-order valence-electron chi connectivity index (χ4n) is 2.36. The number of aliphatic hydroxyl groups is 1. The molecule has 7 nitrogen and oxygen atoms in total. The van der Waals surface area contributed by atoms with E-state index in [1.807, 2.05) is 0 Å². The van der Waals surface area contributed by atoms with Gasteiger partial charge in [0, 0.05) is 18.2 Å². The topological polar surface area (TPSA) is 90.4 Å². The first-order valence-corrected chi connectivity index (χ1v) is 7.29. The molecule has 25 heavy (non-hydrogen) atoms. The number of nitro groups is 1. The van der Waals surface area contributed by atoms with Crippen LogP contribution in [0, 0.1) is 21.7 Å². The van der Waals surface area contributed by atoms with Crippen LogP contribution in [-0.2, 0) is 6.54 Å². The smallest absolute Gasteiger partial charge is 0.273 e. The summed E-state index contributed by atoms with van der Waals surface area (Å²) in [6.45, 7) is -0.0962. The van der Waals surface area contributed by atoms with Crippen molar-refractivity contribution in [2.45, 2.75) is 12.6 Å². The number of aliphatic hydroxyl groups excluding tert-OH is 1. The Labute approximate surface area is 140 Å². The Morgan fingerprint density at radius 2 is 2.04 bits per heavy atom. The standard InChI is InChI=1S/C16H13F2N3O4/c17-13-5-15-16(6-14(13)18)20(9-19-15)7-11(22)8-25-12-3-1-2-10(4-12)21(23)24/h1-6,9,11,22H,7-8H2/t11-/m0/s1. The summed E-state index contributed by atoms with van der Waals surface area (Å²) in [5.74, 6) is -1.75. The van der Waals surface area contributed by atoms with E-state index in [-0.39, 0.29) is 30.1 Å². The van der Waals surface area contributed by atoms with Gasteiger partial charge < -0.3 is 14.4 Å². The first kappa shape index (κ1) is 16.8. The molecule has 0 unspecified atom stereocenters. The van der Waals surface area contributed by atoms with Gasteiger partial charge in [0.15, 0.2) is 11.6 Å². The second kappa shape index (κ2) is 6.81. The van der Waals surface area contributed by atoms with Gasteiger partial charge in [-0.15, -0.1) is 0 Å². The van der Waals surface area contributed by atoms with Crippen LogP contribution in [0.25, 0.3) is 11.0 Å². The van der Waals surface area contributed by atoms with Crippen LogP contribution in [0.3, 0.4) is 0 Å². The molecule has 0 aliphatic carbocycles. The van der Waals surface area contributed by atoms with Gasteiger partial charge in [-0.3, -0.25) is 10.1 Å². The monoisotopic (exact) mass is 349 g/mol. The number of hydrogen-bond acceptors (Lipinski definition) is 5. The van der Waals surface area contributed by atoms with E-state index in [0.29, 0.717) is 5.52 Å². The molecule has 2 aromatic carbocycles. The van der Waals surface area contributed by atoms with Crippen LogP contribution in [0.2, 0.25) is 0 Å². The number of benzene rings is 2. The lowest BCUT2D eigenvalue weighted by molar-refractivity contribution is -0.384. The molecule has 1 atom stereocenters. The Balaban J connectivity index is 1.67. The van der Waals surface area contributed by atoms with E-state index in [9.17, 15) is 24.0 Å². The Bertz CT molecular complexity index is 929. The molecule has 0 amide bonds. The number of imidazole rings is 1. The number of hydrogen-bond donors (Lipinski definition) is 1. The highest BCUT2D eigenvalue weighted by Gasteiger charge is 2.13. The molecule has 3 rings (SSSR count). The molecular weight excluding hydrogens is 336 g/mol. The lowest BCUT2D eigenvalue weighted by Gasteiger charge is -2.13. The van der Waals surface area contributed by atoms with Crippen molar-refractivity contribution in [3.05, 3.63) is 64.5 Å². The number of halogens is 2. The summed E-state index contributed by atoms with van der Waals surface area (Å²) in [7, 11) is 0. The van der Waals surface area contributed by atoms with E-state index in [4.69, 9.17) is 4.74 Å². The van der Waals surface area contributed by atoms with Crippen LogP contribution in [-0.4, -0.2) is 32.3 Å². The van der Waals surface area contributed by atoms with E-state index < -0.39 is 22.7 Å². The molecule has 0 aliphatic heterocycles. The van der Waals surface area contributed by atoms with Gasteiger partial charge in [-0.1, -0.05) is 6.07 Å². The summed E-state index contributed by atoms with van der Waals surface area (Å²) in [4.78, 5) is 14.1. The fraction of sp³-hybridized carbons (Fsp3) is 0.188. The number of ether oxygens (including phenoxy) is 1. The summed E-state index contributed by atoms with van der Waals surface area (Å²) < 4.78 is 33.3. The Morgan fingerprint density at radius 3 is 2.80 bits per heavy atom. The van der Waals surface area contributed by atoms with Crippen molar-refractivity contribution >= 4 is 16.7 Å². The van der Waals surface area contributed by atoms with Gasteiger partial charge in [0.05, 0.1) is 34.9 Å². The summed E-state index contributed by atoms with van der Waals surface area (Å²) in [5, 5.41) is 20.8. The molecule has 3 aromatic rings. The van der Waals surface area contributed by atoms with Gasteiger partial charge in [-0.05, 0) is 6.07 Å². The normalized spacial score (nSPS) is 12.3. The molecule has 0 bridgehead atoms. The fourth-order valence-corrected chi connectivity index (χ4v) is 2.36. The summed E-state index contributed by atoms with van der Waals surface area (Å²) >= 11 is 0. The van der Waals surface area contributed by atoms with Crippen LogP contribution in [0.15, 0.2) is 42.7 Å². The predicted molar refractivity (Wildman–Crippen MR) is 84.2 cm³/mol. The van der Waals surface area contributed by atoms with Gasteiger partial charge in [0.1, 0.15) is 18.5 Å². The van der Waals surface area contributed by atoms with Crippen molar-refractivity contribution in [2.75, 3.05) is 6.61 Å². The minimum Gasteiger partial charge on any atom is -0.491 e. The molecule has 0 saturated carbocycles. The Kier molecular flexibility index (Phi) is 4.57. The van der Waals surface area contributed by atoms with Gasteiger partial charge in [-0.2, -0.15) is 0 Å². The molecule has 1 N–H and O–H groups in total. The van der Waals surface area contributed by atoms with E-state index in [0.717, 1.165) is 12.1 Å². The molecule has 0 saturated heterocycles. The molecule has 0 spiro atoms. The molecule has 1 aromatic heterocycles. The molecule has 130 valence electrons. The van der Waals surface area contributed by atoms with Gasteiger partial charge in [-0.25, -0.2) is 13.8 Å². The number of nitrogens with zero attached hydrogens (tertiary/aromatic N) is 3. The number of nitro benzene ring substituents is 1. The third-order valence-corrected chi connectivity index (χ3v) is 3.54. The number of non-ortho nitro benzene ring substituents is 1. The molecular formula is C16H13F2N3O4. The lowest BCUT2D eigenvalue weighted by atomic mass is 10.3. The summed E-state index contributed by atoms with van der Waals surface area (Å²) in [6, 6.07) is 7.57. The molecule has 9 heteroatoms. The highest BCUT2D eigenvalue weighted by Crippen LogP contribution is 2.20. The maximum absolute atomic E-state index is 13.4. The average Bonchev–Trinajstić information content (AvgIpc) is 2.95. The summed E-state index contributed by atoms with van der Waals surface area (Å²) in [5.41, 5.74) is 0.490. The lowest BCUT2D eigenvalue weighted by Crippen LogP contribution is -2.23. The second-order valence-electron chi connectivity index (χ2n) is 5.37. The van der Waals surface area contributed by atoms with Crippen molar-refractivity contribution in [2.24, 2.45) is 0 Å². The summed E-state index contributed by atoms with van der Waals surface area (Å²) in [6.07, 6.45) is 0.380. The Hall–Kier alpha value is -3.07. The van der Waals surface area contributed by atoms with Crippen molar-refractivity contribution in [3.8, 4) is 5.75 Å². The van der Waals surface area contributed by atoms with E-state index in [2.05, 4.69) is 4.98 Å². The molecule has 0 fully saturated rings. The first-order chi connectivity index (χ1) is 11.9. The maximum Gasteiger partial charge on any atom is 0.273 e. The van der Waals surface area contributed by atoms with Crippen LogP contribution >= 0.6 is 0 Å². The quantitative estimate of drug-likeness (QED) is 0.546. The van der Waals surface area contributed by atoms with E-state index in [1.54, 1.807) is 0 Å². The SMILES string of the molecule is O=[N+]([O-])c1cccc(OC[C@@H](O)Cn2cnc3cc(F)c(F)cc32)c1. The predicted octanol–water partition coefficient (Wildman–Crippen LogP) is 2.66. The van der Waals surface area contributed by atoms with Crippen LogP contribution < -0.4 is 4.74 Å². The van der Waals surface area contributed by atoms with Crippen LogP contribution in [0.5, 0.6) is 5.75 Å². The molecule has 0 aliphatic rings. The zero-order valence-corrected chi connectivity index (χ0v) is 12.8. The highest BCUT2D eigenvalue weighted by molar-refractivity contribution is 5.75. The average molecular weight is 349 g/mol. The van der Waals surface area contributed by atoms with Crippen LogP contribution in [0.1, 0.15) is 0 Å². The van der Waals surface area contributed by atoms with Gasteiger partial charge >= 0.3 is 0 Å². The van der Waals surface area contributed by atoms with Gasteiger partial charge in [0.25, 0.3) is 5.69 Å². The van der Waals surface area contributed by atoms with Crippen LogP contribution in [0.4, 0.5) is 14.5 Å². The number of rotatable bonds is 6. The van der Waals surface area contributed by atoms with Crippen molar-refractivity contribution < 1.29 is 23.5 Å². The van der Waals surface area contributed by atoms with Gasteiger partial charge in [0.2, 0.25) is 0 Å². The van der Waals surface area contributed by atoms with E-state index >= 15 is 0 Å². The van der Waals surface area contributed by atoms with E-state index in [1.165, 1.54) is 35.2 Å². The first-order valence-electron chi connectivity index (χ1n) is 7.29. The third kappa shape index (κ3) is 3.72. The van der Waals surface area contributed by atoms with Crippen molar-refractivity contribution in [3.63, 3.8) is 0 Å².